The minimum atomic E-state index is -0.362. The molecule has 1 aliphatic rings. The molecule has 0 N–H and O–H groups in total. The van der Waals surface area contributed by atoms with E-state index in [1.807, 2.05) is 6.92 Å². The number of aliphatic imine (C=N–C) groups is 1. The zero-order valence-electron chi connectivity index (χ0n) is 15.2. The van der Waals surface area contributed by atoms with Gasteiger partial charge in [0, 0.05) is 30.5 Å². The highest BCUT2D eigenvalue weighted by molar-refractivity contribution is 8.13. The van der Waals surface area contributed by atoms with Gasteiger partial charge >= 0.3 is 0 Å². The van der Waals surface area contributed by atoms with Crippen molar-refractivity contribution in [2.45, 2.75) is 47.1 Å². The predicted octanol–water partition coefficient (Wildman–Crippen LogP) is 5.01. The van der Waals surface area contributed by atoms with E-state index in [0.29, 0.717) is 17.9 Å². The van der Waals surface area contributed by atoms with E-state index in [1.165, 1.54) is 12.5 Å². The number of rotatable bonds is 5. The zero-order chi connectivity index (χ0) is 17.9. The molecular weight excluding hydrogens is 322 g/mol. The Bertz CT molecular complexity index is 629. The predicted molar refractivity (Wildman–Crippen MR) is 102 cm³/mol. The van der Waals surface area contributed by atoms with Gasteiger partial charge in [0.05, 0.1) is 10.6 Å². The smallest absolute Gasteiger partial charge is 0.269 e. The molecule has 1 saturated heterocycles. The summed E-state index contributed by atoms with van der Waals surface area (Å²) in [5.74, 6) is 2.21. The molecule has 1 fully saturated rings. The van der Waals surface area contributed by atoms with E-state index in [0.717, 1.165) is 28.7 Å². The Kier molecular flexibility index (Phi) is 6.27. The maximum absolute atomic E-state index is 10.9. The number of amidine groups is 1. The zero-order valence-corrected chi connectivity index (χ0v) is 16.0. The van der Waals surface area contributed by atoms with Gasteiger partial charge in [0.2, 0.25) is 0 Å². The first-order chi connectivity index (χ1) is 11.3. The second-order valence-corrected chi connectivity index (χ2v) is 8.18. The molecular formula is C18H27N3O2S. The molecule has 0 unspecified atom stereocenters. The number of nitro benzene ring substituents is 1. The lowest BCUT2D eigenvalue weighted by Gasteiger charge is -2.41. The Hall–Kier alpha value is -1.56. The summed E-state index contributed by atoms with van der Waals surface area (Å²) in [4.78, 5) is 17.8. The first-order valence-electron chi connectivity index (χ1n) is 8.52. The van der Waals surface area contributed by atoms with Crippen molar-refractivity contribution < 1.29 is 4.92 Å². The van der Waals surface area contributed by atoms with E-state index >= 15 is 0 Å². The van der Waals surface area contributed by atoms with E-state index in [9.17, 15) is 10.1 Å². The number of thioether (sulfide) groups is 1. The molecule has 2 rings (SSSR count). The Morgan fingerprint density at radius 1 is 1.38 bits per heavy atom. The summed E-state index contributed by atoms with van der Waals surface area (Å²) in [5.41, 5.74) is 1.78. The largest absolute Gasteiger partial charge is 0.348 e. The molecule has 24 heavy (non-hydrogen) atoms. The molecule has 0 bridgehead atoms. The molecule has 1 heterocycles. The third kappa shape index (κ3) is 4.50. The summed E-state index contributed by atoms with van der Waals surface area (Å²) in [6.45, 7) is 11.9. The van der Waals surface area contributed by atoms with Crippen molar-refractivity contribution in [2.24, 2.45) is 16.8 Å². The van der Waals surface area contributed by atoms with Gasteiger partial charge in [-0.1, -0.05) is 39.5 Å². The average Bonchev–Trinajstić information content (AvgIpc) is 2.49. The highest BCUT2D eigenvalue weighted by atomic mass is 32.2. The standard InChI is InChI=1S/C18H27N3O2S/c1-12(2)11-20-17(13(3)4)8-9-24-18(20)19-16-7-6-15(21(22)23)10-14(16)5/h6-7,10,12-13,17H,8-9,11H2,1-5H3/t17-/m1/s1. The van der Waals surface area contributed by atoms with Gasteiger partial charge in [0.25, 0.3) is 5.69 Å². The van der Waals surface area contributed by atoms with Crippen molar-refractivity contribution in [1.82, 2.24) is 4.90 Å². The summed E-state index contributed by atoms with van der Waals surface area (Å²) in [5, 5.41) is 11.9. The summed E-state index contributed by atoms with van der Waals surface area (Å²) in [6.07, 6.45) is 1.17. The van der Waals surface area contributed by atoms with Crippen LogP contribution in [0.4, 0.5) is 11.4 Å². The molecule has 0 amide bonds. The molecule has 5 nitrogen and oxygen atoms in total. The van der Waals surface area contributed by atoms with Crippen LogP contribution >= 0.6 is 11.8 Å². The summed E-state index contributed by atoms with van der Waals surface area (Å²) in [7, 11) is 0. The molecule has 1 aromatic carbocycles. The first kappa shape index (κ1) is 18.8. The van der Waals surface area contributed by atoms with Crippen LogP contribution in [0.2, 0.25) is 0 Å². The van der Waals surface area contributed by atoms with Crippen molar-refractivity contribution in [3.8, 4) is 0 Å². The van der Waals surface area contributed by atoms with Crippen molar-refractivity contribution in [2.75, 3.05) is 12.3 Å². The monoisotopic (exact) mass is 349 g/mol. The normalized spacial score (nSPS) is 20.2. The number of non-ortho nitro benzene ring substituents is 1. The van der Waals surface area contributed by atoms with Crippen LogP contribution in [0.5, 0.6) is 0 Å². The minimum absolute atomic E-state index is 0.117. The lowest BCUT2D eigenvalue weighted by molar-refractivity contribution is -0.384. The lowest BCUT2D eigenvalue weighted by atomic mass is 9.99. The molecule has 0 aromatic heterocycles. The van der Waals surface area contributed by atoms with E-state index < -0.39 is 0 Å². The molecule has 6 heteroatoms. The topological polar surface area (TPSA) is 58.7 Å². The summed E-state index contributed by atoms with van der Waals surface area (Å²) in [6, 6.07) is 5.39. The molecule has 132 valence electrons. The van der Waals surface area contributed by atoms with Crippen molar-refractivity contribution in [3.05, 3.63) is 33.9 Å². The number of aryl methyl sites for hydroxylation is 1. The fraction of sp³-hybridized carbons (Fsp3) is 0.611. The number of nitro groups is 1. The van der Waals surface area contributed by atoms with Crippen LogP contribution < -0.4 is 0 Å². The quantitative estimate of drug-likeness (QED) is 0.554. The molecule has 0 saturated carbocycles. The van der Waals surface area contributed by atoms with Crippen LogP contribution in [0, 0.1) is 28.9 Å². The molecule has 1 aromatic rings. The maximum atomic E-state index is 10.9. The molecule has 0 spiro atoms. The molecule has 0 aliphatic carbocycles. The Labute approximate surface area is 148 Å². The van der Waals surface area contributed by atoms with Gasteiger partial charge in [-0.15, -0.1) is 0 Å². The third-order valence-corrected chi connectivity index (χ3v) is 5.25. The van der Waals surface area contributed by atoms with Gasteiger partial charge in [-0.3, -0.25) is 10.1 Å². The van der Waals surface area contributed by atoms with Crippen LogP contribution in [-0.4, -0.2) is 33.3 Å². The van der Waals surface area contributed by atoms with Crippen molar-refractivity contribution in [3.63, 3.8) is 0 Å². The van der Waals surface area contributed by atoms with E-state index in [2.05, 4.69) is 32.6 Å². The second-order valence-electron chi connectivity index (χ2n) is 7.12. The van der Waals surface area contributed by atoms with Gasteiger partial charge < -0.3 is 4.90 Å². The van der Waals surface area contributed by atoms with Crippen LogP contribution in [0.1, 0.15) is 39.7 Å². The molecule has 1 aliphatic heterocycles. The number of hydrogen-bond donors (Lipinski definition) is 0. The Balaban J connectivity index is 2.35. The second kappa shape index (κ2) is 8.01. The number of benzene rings is 1. The van der Waals surface area contributed by atoms with Crippen LogP contribution in [-0.2, 0) is 0 Å². The highest BCUT2D eigenvalue weighted by Crippen LogP contribution is 2.32. The van der Waals surface area contributed by atoms with E-state index in [4.69, 9.17) is 4.99 Å². The van der Waals surface area contributed by atoms with Crippen molar-refractivity contribution in [1.29, 1.82) is 0 Å². The van der Waals surface area contributed by atoms with Crippen molar-refractivity contribution >= 4 is 28.3 Å². The SMILES string of the molecule is Cc1cc([N+](=O)[O-])ccc1N=C1SCC[C@H](C(C)C)N1CC(C)C. The Morgan fingerprint density at radius 2 is 2.08 bits per heavy atom. The average molecular weight is 350 g/mol. The minimum Gasteiger partial charge on any atom is -0.348 e. The maximum Gasteiger partial charge on any atom is 0.269 e. The summed E-state index contributed by atoms with van der Waals surface area (Å²) >= 11 is 1.79. The van der Waals surface area contributed by atoms with Gasteiger partial charge in [-0.2, -0.15) is 0 Å². The van der Waals surface area contributed by atoms with Crippen LogP contribution in [0.3, 0.4) is 0 Å². The van der Waals surface area contributed by atoms with Gasteiger partial charge in [0.15, 0.2) is 5.17 Å². The first-order valence-corrected chi connectivity index (χ1v) is 9.51. The third-order valence-electron chi connectivity index (χ3n) is 4.23. The van der Waals surface area contributed by atoms with E-state index in [-0.39, 0.29) is 10.6 Å². The van der Waals surface area contributed by atoms with Crippen LogP contribution in [0.15, 0.2) is 23.2 Å². The van der Waals surface area contributed by atoms with Gasteiger partial charge in [-0.05, 0) is 36.8 Å². The fourth-order valence-electron chi connectivity index (χ4n) is 3.03. The Morgan fingerprint density at radius 3 is 2.62 bits per heavy atom. The number of nitrogens with zero attached hydrogens (tertiary/aromatic N) is 3. The molecule has 1 atom stereocenters. The van der Waals surface area contributed by atoms with Gasteiger partial charge in [0.1, 0.15) is 0 Å². The van der Waals surface area contributed by atoms with Gasteiger partial charge in [-0.25, -0.2) is 4.99 Å². The number of hydrogen-bond acceptors (Lipinski definition) is 4. The van der Waals surface area contributed by atoms with Crippen LogP contribution in [0.25, 0.3) is 0 Å². The molecule has 0 radical (unpaired) electrons. The van der Waals surface area contributed by atoms with E-state index in [1.54, 1.807) is 23.9 Å². The lowest BCUT2D eigenvalue weighted by Crippen LogP contribution is -2.47. The summed E-state index contributed by atoms with van der Waals surface area (Å²) < 4.78 is 0. The highest BCUT2D eigenvalue weighted by Gasteiger charge is 2.30. The fourth-order valence-corrected chi connectivity index (χ4v) is 4.11.